The van der Waals surface area contributed by atoms with Gasteiger partial charge in [0.15, 0.2) is 11.5 Å². The van der Waals surface area contributed by atoms with Crippen LogP contribution in [0.3, 0.4) is 0 Å². The van der Waals surface area contributed by atoms with E-state index in [1.807, 2.05) is 55.5 Å². The molecule has 1 heterocycles. The molecule has 1 N–H and O–H groups in total. The number of rotatable bonds is 6. The Morgan fingerprint density at radius 3 is 2.44 bits per heavy atom. The molecule has 27 heavy (non-hydrogen) atoms. The van der Waals surface area contributed by atoms with Crippen molar-refractivity contribution in [3.63, 3.8) is 0 Å². The lowest BCUT2D eigenvalue weighted by Crippen LogP contribution is -2.27. The Morgan fingerprint density at radius 1 is 1.07 bits per heavy atom. The second-order valence-corrected chi connectivity index (χ2v) is 6.14. The Hall–Kier alpha value is -3.28. The molecule has 1 amide bonds. The van der Waals surface area contributed by atoms with Crippen LogP contribution in [-0.4, -0.2) is 25.3 Å². The second-order valence-electron chi connectivity index (χ2n) is 6.14. The van der Waals surface area contributed by atoms with E-state index < -0.39 is 0 Å². The van der Waals surface area contributed by atoms with Crippen LogP contribution in [-0.2, 0) is 0 Å². The van der Waals surface area contributed by atoms with Crippen molar-refractivity contribution >= 4 is 5.91 Å². The molecule has 0 aliphatic carbocycles. The third kappa shape index (κ3) is 3.79. The highest BCUT2D eigenvalue weighted by Gasteiger charge is 2.23. The van der Waals surface area contributed by atoms with Crippen molar-refractivity contribution in [1.82, 2.24) is 10.5 Å². The van der Waals surface area contributed by atoms with Crippen LogP contribution in [0.1, 0.15) is 34.6 Å². The molecule has 1 atom stereocenters. The van der Waals surface area contributed by atoms with Crippen LogP contribution in [0.5, 0.6) is 11.5 Å². The maximum absolute atomic E-state index is 12.9. The third-order valence-corrected chi connectivity index (χ3v) is 4.39. The van der Waals surface area contributed by atoms with Gasteiger partial charge >= 0.3 is 0 Å². The number of nitrogens with zero attached hydrogens (tertiary/aromatic N) is 1. The lowest BCUT2D eigenvalue weighted by atomic mass is 10.0. The molecule has 0 saturated heterocycles. The van der Waals surface area contributed by atoms with Gasteiger partial charge in [0.05, 0.1) is 20.3 Å². The quantitative estimate of drug-likeness (QED) is 0.709. The predicted octanol–water partition coefficient (Wildman–Crippen LogP) is 4.16. The summed E-state index contributed by atoms with van der Waals surface area (Å²) < 4.78 is 15.9. The molecule has 0 saturated carbocycles. The molecule has 0 unspecified atom stereocenters. The second kappa shape index (κ2) is 7.95. The Morgan fingerprint density at radius 2 is 1.78 bits per heavy atom. The highest BCUT2D eigenvalue weighted by molar-refractivity contribution is 6.00. The zero-order valence-corrected chi connectivity index (χ0v) is 15.8. The van der Waals surface area contributed by atoms with Crippen LogP contribution in [0.4, 0.5) is 0 Å². The third-order valence-electron chi connectivity index (χ3n) is 4.39. The van der Waals surface area contributed by atoms with Gasteiger partial charge < -0.3 is 19.3 Å². The molecule has 3 aromatic rings. The summed E-state index contributed by atoms with van der Waals surface area (Å²) >= 11 is 0. The normalized spacial score (nSPS) is 11.7. The van der Waals surface area contributed by atoms with Crippen molar-refractivity contribution in [2.24, 2.45) is 0 Å². The highest BCUT2D eigenvalue weighted by Crippen LogP contribution is 2.30. The van der Waals surface area contributed by atoms with Gasteiger partial charge in [-0.05, 0) is 31.5 Å². The molecule has 0 aliphatic heterocycles. The monoisotopic (exact) mass is 366 g/mol. The van der Waals surface area contributed by atoms with E-state index in [1.165, 1.54) is 0 Å². The van der Waals surface area contributed by atoms with Gasteiger partial charge in [-0.25, -0.2) is 0 Å². The van der Waals surface area contributed by atoms with Gasteiger partial charge in [0.1, 0.15) is 17.0 Å². The fourth-order valence-electron chi connectivity index (χ4n) is 2.91. The van der Waals surface area contributed by atoms with Crippen LogP contribution < -0.4 is 14.8 Å². The van der Waals surface area contributed by atoms with Crippen molar-refractivity contribution in [2.45, 2.75) is 19.9 Å². The van der Waals surface area contributed by atoms with Crippen LogP contribution >= 0.6 is 0 Å². The lowest BCUT2D eigenvalue weighted by Gasteiger charge is -2.16. The molecule has 2 aromatic carbocycles. The fourth-order valence-corrected chi connectivity index (χ4v) is 2.91. The number of aryl methyl sites for hydroxylation is 1. The average molecular weight is 366 g/mol. The summed E-state index contributed by atoms with van der Waals surface area (Å²) in [6.07, 6.45) is 0. The first-order chi connectivity index (χ1) is 13.0. The molecule has 0 radical (unpaired) electrons. The van der Waals surface area contributed by atoms with Gasteiger partial charge in [-0.15, -0.1) is 0 Å². The number of hydrogen-bond donors (Lipinski definition) is 1. The highest BCUT2D eigenvalue weighted by atomic mass is 16.5. The van der Waals surface area contributed by atoms with Crippen molar-refractivity contribution in [3.8, 4) is 22.8 Å². The standard InChI is InChI=1S/C21H22N2O4/c1-13(16-10-11-17(25-3)18(12-16)26-4)22-21(24)19-14(2)27-23-20(19)15-8-6-5-7-9-15/h5-13H,1-4H3,(H,22,24)/t13-/m0/s1. The minimum atomic E-state index is -0.241. The maximum atomic E-state index is 12.9. The molecule has 6 heteroatoms. The smallest absolute Gasteiger partial charge is 0.257 e. The largest absolute Gasteiger partial charge is 0.493 e. The molecular formula is C21H22N2O4. The van der Waals surface area contributed by atoms with E-state index in [1.54, 1.807) is 21.1 Å². The number of carbonyl (C=O) groups excluding carboxylic acids is 1. The SMILES string of the molecule is COc1ccc([C@H](C)NC(=O)c2c(-c3ccccc3)noc2C)cc1OC. The maximum Gasteiger partial charge on any atom is 0.257 e. The number of nitrogens with one attached hydrogen (secondary N) is 1. The molecule has 1 aromatic heterocycles. The predicted molar refractivity (Wildman–Crippen MR) is 102 cm³/mol. The number of carbonyl (C=O) groups is 1. The summed E-state index contributed by atoms with van der Waals surface area (Å²) in [5.74, 6) is 1.49. The van der Waals surface area contributed by atoms with E-state index in [0.717, 1.165) is 11.1 Å². The number of ether oxygens (including phenoxy) is 2. The number of amides is 1. The van der Waals surface area contributed by atoms with Crippen molar-refractivity contribution in [1.29, 1.82) is 0 Å². The van der Waals surface area contributed by atoms with Gasteiger partial charge in [0.2, 0.25) is 0 Å². The van der Waals surface area contributed by atoms with E-state index in [-0.39, 0.29) is 11.9 Å². The first kappa shape index (κ1) is 18.5. The molecule has 0 aliphatic rings. The van der Waals surface area contributed by atoms with E-state index >= 15 is 0 Å². The number of aromatic nitrogens is 1. The summed E-state index contributed by atoms with van der Waals surface area (Å²) in [6.45, 7) is 3.64. The molecule has 6 nitrogen and oxygen atoms in total. The zero-order chi connectivity index (χ0) is 19.4. The topological polar surface area (TPSA) is 73.6 Å². The molecule has 0 fully saturated rings. The van der Waals surface area contributed by atoms with Gasteiger partial charge in [-0.2, -0.15) is 0 Å². The average Bonchev–Trinajstić information content (AvgIpc) is 3.09. The van der Waals surface area contributed by atoms with E-state index in [2.05, 4.69) is 10.5 Å². The first-order valence-electron chi connectivity index (χ1n) is 8.59. The number of hydrogen-bond acceptors (Lipinski definition) is 5. The minimum Gasteiger partial charge on any atom is -0.493 e. The van der Waals surface area contributed by atoms with Gasteiger partial charge in [-0.3, -0.25) is 4.79 Å². The zero-order valence-electron chi connectivity index (χ0n) is 15.8. The van der Waals surface area contributed by atoms with Crippen molar-refractivity contribution < 1.29 is 18.8 Å². The Bertz CT molecular complexity index is 935. The summed E-state index contributed by atoms with van der Waals surface area (Å²) in [4.78, 5) is 12.9. The van der Waals surface area contributed by atoms with Crippen molar-refractivity contribution in [2.75, 3.05) is 14.2 Å². The minimum absolute atomic E-state index is 0.241. The molecule has 0 bridgehead atoms. The van der Waals surface area contributed by atoms with E-state index in [4.69, 9.17) is 14.0 Å². The van der Waals surface area contributed by atoms with Crippen LogP contribution in [0, 0.1) is 6.92 Å². The number of methoxy groups -OCH3 is 2. The first-order valence-corrected chi connectivity index (χ1v) is 8.59. The summed E-state index contributed by atoms with van der Waals surface area (Å²) in [6, 6.07) is 14.8. The molecule has 140 valence electrons. The van der Waals surface area contributed by atoms with Crippen LogP contribution in [0.25, 0.3) is 11.3 Å². The van der Waals surface area contributed by atoms with E-state index in [0.29, 0.717) is 28.5 Å². The van der Waals surface area contributed by atoms with Gasteiger partial charge in [0, 0.05) is 5.56 Å². The van der Waals surface area contributed by atoms with E-state index in [9.17, 15) is 4.79 Å². The Balaban J connectivity index is 1.85. The van der Waals surface area contributed by atoms with Gasteiger partial charge in [0.25, 0.3) is 5.91 Å². The summed E-state index contributed by atoms with van der Waals surface area (Å²) in [7, 11) is 3.17. The van der Waals surface area contributed by atoms with Crippen molar-refractivity contribution in [3.05, 3.63) is 65.4 Å². The fraction of sp³-hybridized carbons (Fsp3) is 0.238. The Kier molecular flexibility index (Phi) is 5.45. The van der Waals surface area contributed by atoms with Gasteiger partial charge in [-0.1, -0.05) is 41.6 Å². The van der Waals surface area contributed by atoms with Crippen LogP contribution in [0.15, 0.2) is 53.1 Å². The Labute approximate surface area is 158 Å². The molecule has 0 spiro atoms. The molecular weight excluding hydrogens is 344 g/mol. The lowest BCUT2D eigenvalue weighted by molar-refractivity contribution is 0.0939. The number of benzene rings is 2. The molecule has 3 rings (SSSR count). The summed E-state index contributed by atoms with van der Waals surface area (Å²) in [5.41, 5.74) is 2.70. The summed E-state index contributed by atoms with van der Waals surface area (Å²) in [5, 5.41) is 7.07. The van der Waals surface area contributed by atoms with Crippen LogP contribution in [0.2, 0.25) is 0 Å².